The molecule has 0 unspecified atom stereocenters. The summed E-state index contributed by atoms with van der Waals surface area (Å²) in [5.74, 6) is -0.0103. The van der Waals surface area contributed by atoms with Crippen LogP contribution in [-0.4, -0.2) is 19.3 Å². The van der Waals surface area contributed by atoms with Crippen LogP contribution >= 0.6 is 11.3 Å². The van der Waals surface area contributed by atoms with Crippen molar-refractivity contribution in [3.63, 3.8) is 0 Å². The average Bonchev–Trinajstić information content (AvgIpc) is 3.17. The second-order valence-electron chi connectivity index (χ2n) is 7.01. The molecule has 0 aliphatic rings. The number of anilines is 1. The van der Waals surface area contributed by atoms with Crippen LogP contribution in [-0.2, 0) is 16.6 Å². The lowest BCUT2D eigenvalue weighted by molar-refractivity contribution is 0.0950. The van der Waals surface area contributed by atoms with Gasteiger partial charge in [0, 0.05) is 22.5 Å². The molecular formula is C21H23N3O3S2. The summed E-state index contributed by atoms with van der Waals surface area (Å²) in [5, 5.41) is 5.73. The Labute approximate surface area is 175 Å². The van der Waals surface area contributed by atoms with Crippen LogP contribution in [0.2, 0.25) is 0 Å². The van der Waals surface area contributed by atoms with Crippen LogP contribution in [0.15, 0.2) is 58.8 Å². The van der Waals surface area contributed by atoms with E-state index in [0.29, 0.717) is 18.2 Å². The molecule has 6 nitrogen and oxygen atoms in total. The number of aryl methyl sites for hydroxylation is 1. The van der Waals surface area contributed by atoms with E-state index in [1.165, 1.54) is 12.1 Å². The van der Waals surface area contributed by atoms with Gasteiger partial charge in [-0.25, -0.2) is 13.4 Å². The number of carbonyl (C=O) groups is 1. The van der Waals surface area contributed by atoms with Crippen LogP contribution < -0.4 is 10.0 Å². The molecule has 29 heavy (non-hydrogen) atoms. The first-order valence-corrected chi connectivity index (χ1v) is 11.5. The van der Waals surface area contributed by atoms with Gasteiger partial charge in [-0.1, -0.05) is 37.6 Å². The molecule has 2 N–H and O–H groups in total. The Kier molecular flexibility index (Phi) is 6.34. The SMILES string of the molecule is Cc1ccc(NS(=O)(=O)c2cccc(C(=O)NCc3csc(C(C)C)n3)c2)cc1. The minimum atomic E-state index is -3.80. The largest absolute Gasteiger partial charge is 0.346 e. The number of carbonyl (C=O) groups excluding carboxylic acids is 1. The molecule has 1 amide bonds. The fraction of sp³-hybridized carbons (Fsp3) is 0.238. The highest BCUT2D eigenvalue weighted by atomic mass is 32.2. The van der Waals surface area contributed by atoms with E-state index >= 15 is 0 Å². The monoisotopic (exact) mass is 429 g/mol. The summed E-state index contributed by atoms with van der Waals surface area (Å²) in [5.41, 5.74) is 2.56. The fourth-order valence-electron chi connectivity index (χ4n) is 2.58. The summed E-state index contributed by atoms with van der Waals surface area (Å²) in [6, 6.07) is 13.0. The minimum Gasteiger partial charge on any atom is -0.346 e. The summed E-state index contributed by atoms with van der Waals surface area (Å²) in [6.45, 7) is 6.35. The van der Waals surface area contributed by atoms with E-state index in [1.54, 1.807) is 35.6 Å². The first-order chi connectivity index (χ1) is 13.7. The number of benzene rings is 2. The van der Waals surface area contributed by atoms with Crippen LogP contribution in [0.1, 0.15) is 46.4 Å². The zero-order valence-corrected chi connectivity index (χ0v) is 18.1. The molecule has 0 saturated carbocycles. The number of hydrogen-bond donors (Lipinski definition) is 2. The quantitative estimate of drug-likeness (QED) is 0.586. The molecule has 0 spiro atoms. The molecule has 8 heteroatoms. The van der Waals surface area contributed by atoms with E-state index in [-0.39, 0.29) is 16.4 Å². The second-order valence-corrected chi connectivity index (χ2v) is 9.59. The number of amides is 1. The Hall–Kier alpha value is -2.71. The summed E-state index contributed by atoms with van der Waals surface area (Å²) in [4.78, 5) is 17.0. The first-order valence-electron chi connectivity index (χ1n) is 9.16. The maximum absolute atomic E-state index is 12.7. The van der Waals surface area contributed by atoms with E-state index in [4.69, 9.17) is 0 Å². The lowest BCUT2D eigenvalue weighted by Crippen LogP contribution is -2.23. The van der Waals surface area contributed by atoms with Crippen molar-refractivity contribution in [1.29, 1.82) is 0 Å². The minimum absolute atomic E-state index is 0.0291. The first kappa shape index (κ1) is 21.0. The molecule has 0 aliphatic heterocycles. The van der Waals surface area contributed by atoms with Crippen molar-refractivity contribution in [2.45, 2.75) is 38.1 Å². The van der Waals surface area contributed by atoms with Crippen LogP contribution in [0, 0.1) is 6.92 Å². The number of nitrogens with zero attached hydrogens (tertiary/aromatic N) is 1. The van der Waals surface area contributed by atoms with Crippen molar-refractivity contribution in [1.82, 2.24) is 10.3 Å². The molecule has 0 aliphatic carbocycles. The third-order valence-electron chi connectivity index (χ3n) is 4.20. The van der Waals surface area contributed by atoms with Crippen LogP contribution in [0.25, 0.3) is 0 Å². The number of nitrogens with one attached hydrogen (secondary N) is 2. The van der Waals surface area contributed by atoms with Crippen molar-refractivity contribution in [3.05, 3.63) is 75.7 Å². The van der Waals surface area contributed by atoms with Gasteiger partial charge in [0.25, 0.3) is 15.9 Å². The Bertz CT molecular complexity index is 1100. The molecule has 2 aromatic carbocycles. The number of hydrogen-bond acceptors (Lipinski definition) is 5. The second kappa shape index (κ2) is 8.75. The normalized spacial score (nSPS) is 11.4. The van der Waals surface area contributed by atoms with Crippen molar-refractivity contribution < 1.29 is 13.2 Å². The van der Waals surface area contributed by atoms with Crippen molar-refractivity contribution in [2.24, 2.45) is 0 Å². The Morgan fingerprint density at radius 1 is 1.14 bits per heavy atom. The maximum Gasteiger partial charge on any atom is 0.261 e. The van der Waals surface area contributed by atoms with Gasteiger partial charge in [0.05, 0.1) is 22.1 Å². The molecule has 0 radical (unpaired) electrons. The summed E-state index contributed by atoms with van der Waals surface area (Å²) >= 11 is 1.56. The highest BCUT2D eigenvalue weighted by Crippen LogP contribution is 2.20. The van der Waals surface area contributed by atoms with E-state index in [1.807, 2.05) is 24.4 Å². The predicted molar refractivity (Wildman–Crippen MR) is 116 cm³/mol. The van der Waals surface area contributed by atoms with Crippen LogP contribution in [0.5, 0.6) is 0 Å². The van der Waals surface area contributed by atoms with Gasteiger partial charge in [-0.2, -0.15) is 0 Å². The van der Waals surface area contributed by atoms with Gasteiger partial charge < -0.3 is 5.32 Å². The number of aromatic nitrogens is 1. The Morgan fingerprint density at radius 3 is 2.52 bits per heavy atom. The Morgan fingerprint density at radius 2 is 1.86 bits per heavy atom. The number of rotatable bonds is 7. The van der Waals surface area contributed by atoms with E-state index in [2.05, 4.69) is 28.9 Å². The topological polar surface area (TPSA) is 88.2 Å². The molecule has 0 saturated heterocycles. The number of thiazole rings is 1. The van der Waals surface area contributed by atoms with Gasteiger partial charge in [-0.3, -0.25) is 9.52 Å². The van der Waals surface area contributed by atoms with Crippen LogP contribution in [0.3, 0.4) is 0 Å². The Balaban J connectivity index is 1.70. The van der Waals surface area contributed by atoms with Gasteiger partial charge in [0.15, 0.2) is 0 Å². The molecule has 0 fully saturated rings. The zero-order valence-electron chi connectivity index (χ0n) is 16.5. The molecule has 0 atom stereocenters. The van der Waals surface area contributed by atoms with Crippen LogP contribution in [0.4, 0.5) is 5.69 Å². The van der Waals surface area contributed by atoms with Gasteiger partial charge in [0.1, 0.15) is 0 Å². The van der Waals surface area contributed by atoms with Gasteiger partial charge >= 0.3 is 0 Å². The van der Waals surface area contributed by atoms with Crippen molar-refractivity contribution in [2.75, 3.05) is 4.72 Å². The third-order valence-corrected chi connectivity index (χ3v) is 6.78. The lowest BCUT2D eigenvalue weighted by atomic mass is 10.2. The summed E-state index contributed by atoms with van der Waals surface area (Å²) in [6.07, 6.45) is 0. The summed E-state index contributed by atoms with van der Waals surface area (Å²) < 4.78 is 27.8. The molecule has 152 valence electrons. The zero-order chi connectivity index (χ0) is 21.0. The standard InChI is InChI=1S/C21H23N3O3S2/c1-14(2)21-23-18(13-28-21)12-22-20(25)16-5-4-6-19(11-16)29(26,27)24-17-9-7-15(3)8-10-17/h4-11,13-14,24H,12H2,1-3H3,(H,22,25). The van der Waals surface area contributed by atoms with Gasteiger partial charge in [-0.05, 0) is 37.3 Å². The van der Waals surface area contributed by atoms with E-state index in [0.717, 1.165) is 16.3 Å². The molecule has 3 rings (SSSR count). The molecule has 1 heterocycles. The van der Waals surface area contributed by atoms with E-state index in [9.17, 15) is 13.2 Å². The fourth-order valence-corrected chi connectivity index (χ4v) is 4.52. The molecule has 0 bridgehead atoms. The molecule has 1 aromatic heterocycles. The predicted octanol–water partition coefficient (Wildman–Crippen LogP) is 4.31. The van der Waals surface area contributed by atoms with Crippen molar-refractivity contribution in [3.8, 4) is 0 Å². The average molecular weight is 430 g/mol. The number of sulfonamides is 1. The highest BCUT2D eigenvalue weighted by molar-refractivity contribution is 7.92. The molecular weight excluding hydrogens is 406 g/mol. The third kappa shape index (κ3) is 5.42. The smallest absolute Gasteiger partial charge is 0.261 e. The summed E-state index contributed by atoms with van der Waals surface area (Å²) in [7, 11) is -3.80. The maximum atomic E-state index is 12.7. The van der Waals surface area contributed by atoms with Gasteiger partial charge in [0.2, 0.25) is 0 Å². The van der Waals surface area contributed by atoms with Crippen molar-refractivity contribution >= 4 is 33.0 Å². The van der Waals surface area contributed by atoms with Gasteiger partial charge in [-0.15, -0.1) is 11.3 Å². The lowest BCUT2D eigenvalue weighted by Gasteiger charge is -2.10. The highest BCUT2D eigenvalue weighted by Gasteiger charge is 2.17. The van der Waals surface area contributed by atoms with E-state index < -0.39 is 10.0 Å². The molecule has 3 aromatic rings.